The van der Waals surface area contributed by atoms with Crippen LogP contribution in [0, 0.1) is 5.82 Å². The lowest BCUT2D eigenvalue weighted by Crippen LogP contribution is -2.02. The number of hydrogen-bond acceptors (Lipinski definition) is 3. The first kappa shape index (κ1) is 15.5. The summed E-state index contributed by atoms with van der Waals surface area (Å²) in [5, 5.41) is 0. The fourth-order valence-electron chi connectivity index (χ4n) is 1.80. The van der Waals surface area contributed by atoms with Gasteiger partial charge in [0.1, 0.15) is 18.7 Å². The van der Waals surface area contributed by atoms with Crippen LogP contribution in [-0.4, -0.2) is 12.9 Å². The molecule has 2 aromatic rings. The molecule has 21 heavy (non-hydrogen) atoms. The molecule has 0 aliphatic heterocycles. The minimum atomic E-state index is -0.347. The fraction of sp³-hybridized carbons (Fsp3) is 0.188. The van der Waals surface area contributed by atoms with E-state index in [2.05, 4.69) is 15.9 Å². The summed E-state index contributed by atoms with van der Waals surface area (Å²) in [6.45, 7) is 2.36. The molecule has 0 amide bonds. The van der Waals surface area contributed by atoms with Gasteiger partial charge in [0.2, 0.25) is 0 Å². The van der Waals surface area contributed by atoms with E-state index in [0.29, 0.717) is 33.7 Å². The molecule has 3 nitrogen and oxygen atoms in total. The van der Waals surface area contributed by atoms with Crippen LogP contribution in [0.4, 0.5) is 4.39 Å². The molecule has 0 heterocycles. The zero-order valence-corrected chi connectivity index (χ0v) is 13.0. The van der Waals surface area contributed by atoms with Crippen molar-refractivity contribution in [2.45, 2.75) is 13.5 Å². The lowest BCUT2D eigenvalue weighted by molar-refractivity contribution is 0.112. The van der Waals surface area contributed by atoms with Gasteiger partial charge in [0.25, 0.3) is 0 Å². The van der Waals surface area contributed by atoms with E-state index >= 15 is 0 Å². The highest BCUT2D eigenvalue weighted by atomic mass is 79.9. The average molecular weight is 353 g/mol. The Labute approximate surface area is 130 Å². The molecule has 0 saturated carbocycles. The lowest BCUT2D eigenvalue weighted by atomic mass is 10.2. The Morgan fingerprint density at radius 3 is 2.71 bits per heavy atom. The summed E-state index contributed by atoms with van der Waals surface area (Å²) in [4.78, 5) is 10.8. The maximum absolute atomic E-state index is 13.9. The Morgan fingerprint density at radius 2 is 2.00 bits per heavy atom. The number of carbonyl (C=O) groups is 1. The minimum absolute atomic E-state index is 0.0752. The van der Waals surface area contributed by atoms with E-state index in [4.69, 9.17) is 9.47 Å². The first-order valence-corrected chi connectivity index (χ1v) is 7.22. The highest BCUT2D eigenvalue weighted by molar-refractivity contribution is 9.10. The van der Waals surface area contributed by atoms with Crippen molar-refractivity contribution < 1.29 is 18.7 Å². The van der Waals surface area contributed by atoms with Crippen molar-refractivity contribution in [1.29, 1.82) is 0 Å². The summed E-state index contributed by atoms with van der Waals surface area (Å²) < 4.78 is 25.3. The molecular weight excluding hydrogens is 339 g/mol. The second kappa shape index (κ2) is 7.22. The fourth-order valence-corrected chi connectivity index (χ4v) is 2.21. The lowest BCUT2D eigenvalue weighted by Gasteiger charge is -2.13. The number of hydrogen-bond donors (Lipinski definition) is 0. The maximum atomic E-state index is 13.9. The Bertz CT molecular complexity index is 643. The summed E-state index contributed by atoms with van der Waals surface area (Å²) in [5.74, 6) is 0.597. The van der Waals surface area contributed by atoms with Crippen LogP contribution in [0.1, 0.15) is 22.8 Å². The molecule has 0 bridgehead atoms. The SMILES string of the molecule is CCOc1cc(C=O)ccc1OCc1cccc(Br)c1F. The summed E-state index contributed by atoms with van der Waals surface area (Å²) in [6, 6.07) is 9.89. The third-order valence-electron chi connectivity index (χ3n) is 2.82. The molecule has 0 unspecified atom stereocenters. The second-order valence-electron chi connectivity index (χ2n) is 4.26. The van der Waals surface area contributed by atoms with Crippen LogP contribution in [0.15, 0.2) is 40.9 Å². The van der Waals surface area contributed by atoms with Crippen molar-refractivity contribution in [1.82, 2.24) is 0 Å². The molecule has 2 rings (SSSR count). The number of benzene rings is 2. The van der Waals surface area contributed by atoms with Crippen LogP contribution in [0.3, 0.4) is 0 Å². The van der Waals surface area contributed by atoms with Gasteiger partial charge in [-0.25, -0.2) is 4.39 Å². The zero-order chi connectivity index (χ0) is 15.2. The molecule has 0 atom stereocenters. The smallest absolute Gasteiger partial charge is 0.161 e. The topological polar surface area (TPSA) is 35.5 Å². The Kier molecular flexibility index (Phi) is 5.33. The molecule has 0 aromatic heterocycles. The number of halogens is 2. The van der Waals surface area contributed by atoms with Crippen LogP contribution >= 0.6 is 15.9 Å². The van der Waals surface area contributed by atoms with Crippen molar-refractivity contribution >= 4 is 22.2 Å². The standard InChI is InChI=1S/C16H14BrFO3/c1-2-20-15-8-11(9-19)6-7-14(15)21-10-12-4-3-5-13(17)16(12)18/h3-9H,2,10H2,1H3. The molecule has 0 radical (unpaired) electrons. The van der Waals surface area contributed by atoms with Gasteiger partial charge in [-0.15, -0.1) is 0 Å². The van der Waals surface area contributed by atoms with Gasteiger partial charge < -0.3 is 9.47 Å². The van der Waals surface area contributed by atoms with Gasteiger partial charge in [0.15, 0.2) is 11.5 Å². The van der Waals surface area contributed by atoms with Crippen molar-refractivity contribution in [3.05, 3.63) is 57.8 Å². The Hall–Kier alpha value is -1.88. The van der Waals surface area contributed by atoms with Crippen LogP contribution in [0.25, 0.3) is 0 Å². The molecule has 0 N–H and O–H groups in total. The van der Waals surface area contributed by atoms with Crippen LogP contribution in [0.2, 0.25) is 0 Å². The van der Waals surface area contributed by atoms with Gasteiger partial charge in [-0.3, -0.25) is 4.79 Å². The van der Waals surface area contributed by atoms with Crippen molar-refractivity contribution in [3.8, 4) is 11.5 Å². The number of aldehydes is 1. The van der Waals surface area contributed by atoms with Gasteiger partial charge in [0.05, 0.1) is 11.1 Å². The number of ether oxygens (including phenoxy) is 2. The highest BCUT2D eigenvalue weighted by Gasteiger charge is 2.10. The monoisotopic (exact) mass is 352 g/mol. The molecule has 0 fully saturated rings. The van der Waals surface area contributed by atoms with E-state index in [0.717, 1.165) is 6.29 Å². The van der Waals surface area contributed by atoms with Crippen molar-refractivity contribution in [2.75, 3.05) is 6.61 Å². The predicted molar refractivity (Wildman–Crippen MR) is 81.4 cm³/mol. The summed E-state index contributed by atoms with van der Waals surface area (Å²) in [5.41, 5.74) is 0.936. The van der Waals surface area contributed by atoms with Gasteiger partial charge in [0, 0.05) is 11.1 Å². The Morgan fingerprint density at radius 1 is 1.19 bits per heavy atom. The maximum Gasteiger partial charge on any atom is 0.161 e. The normalized spacial score (nSPS) is 10.2. The number of rotatable bonds is 6. The van der Waals surface area contributed by atoms with Crippen molar-refractivity contribution in [3.63, 3.8) is 0 Å². The second-order valence-corrected chi connectivity index (χ2v) is 5.11. The first-order valence-electron chi connectivity index (χ1n) is 6.43. The molecule has 5 heteroatoms. The van der Waals surface area contributed by atoms with Crippen molar-refractivity contribution in [2.24, 2.45) is 0 Å². The van der Waals surface area contributed by atoms with Gasteiger partial charge in [-0.05, 0) is 47.1 Å². The van der Waals surface area contributed by atoms with E-state index in [1.165, 1.54) is 0 Å². The molecule has 0 aliphatic rings. The minimum Gasteiger partial charge on any atom is -0.490 e. The zero-order valence-electron chi connectivity index (χ0n) is 11.4. The largest absolute Gasteiger partial charge is 0.490 e. The van der Waals surface area contributed by atoms with E-state index in [9.17, 15) is 9.18 Å². The third-order valence-corrected chi connectivity index (χ3v) is 3.43. The van der Waals surface area contributed by atoms with Crippen LogP contribution in [0.5, 0.6) is 11.5 Å². The molecule has 0 aliphatic carbocycles. The molecular formula is C16H14BrFO3. The molecule has 110 valence electrons. The van der Waals surface area contributed by atoms with E-state index < -0.39 is 0 Å². The molecule has 0 spiro atoms. The van der Waals surface area contributed by atoms with Gasteiger partial charge in [-0.1, -0.05) is 12.1 Å². The van der Waals surface area contributed by atoms with Crippen LogP contribution < -0.4 is 9.47 Å². The third kappa shape index (κ3) is 3.82. The Balaban J connectivity index is 2.19. The highest BCUT2D eigenvalue weighted by Crippen LogP contribution is 2.29. The quantitative estimate of drug-likeness (QED) is 0.723. The van der Waals surface area contributed by atoms with E-state index in [-0.39, 0.29) is 12.4 Å². The predicted octanol–water partition coefficient (Wildman–Crippen LogP) is 4.38. The van der Waals surface area contributed by atoms with E-state index in [1.54, 1.807) is 36.4 Å². The number of carbonyl (C=O) groups excluding carboxylic acids is 1. The van der Waals surface area contributed by atoms with Gasteiger partial charge >= 0.3 is 0 Å². The molecule has 0 saturated heterocycles. The average Bonchev–Trinajstić information content (AvgIpc) is 2.50. The summed E-state index contributed by atoms with van der Waals surface area (Å²) >= 11 is 3.14. The van der Waals surface area contributed by atoms with E-state index in [1.807, 2.05) is 6.92 Å². The molecule has 2 aromatic carbocycles. The first-order chi connectivity index (χ1) is 10.2. The van der Waals surface area contributed by atoms with Crippen LogP contribution in [-0.2, 0) is 6.61 Å². The van der Waals surface area contributed by atoms with Gasteiger partial charge in [-0.2, -0.15) is 0 Å². The summed E-state index contributed by atoms with van der Waals surface area (Å²) in [6.07, 6.45) is 0.736. The summed E-state index contributed by atoms with van der Waals surface area (Å²) in [7, 11) is 0.